The molecule has 0 aliphatic heterocycles. The standard InChI is InChI=1S/C16H23F2NO2/c1-2-3-9-14(16(20)21)19-13(15(17)18)11-10-12-7-5-4-6-8-12/h4-8,13-15,19H,2-3,9-11H2,1H3,(H,20,21). The van der Waals surface area contributed by atoms with Crippen LogP contribution in [0.15, 0.2) is 30.3 Å². The fourth-order valence-corrected chi connectivity index (χ4v) is 2.19. The maximum Gasteiger partial charge on any atom is 0.320 e. The van der Waals surface area contributed by atoms with E-state index in [0.717, 1.165) is 12.0 Å². The molecule has 5 heteroatoms. The van der Waals surface area contributed by atoms with Crippen molar-refractivity contribution in [3.63, 3.8) is 0 Å². The smallest absolute Gasteiger partial charge is 0.320 e. The minimum absolute atomic E-state index is 0.220. The van der Waals surface area contributed by atoms with E-state index >= 15 is 0 Å². The second-order valence-corrected chi connectivity index (χ2v) is 5.16. The molecular weight excluding hydrogens is 276 g/mol. The first-order valence-electron chi connectivity index (χ1n) is 7.35. The predicted molar refractivity (Wildman–Crippen MR) is 78.6 cm³/mol. The number of hydrogen-bond donors (Lipinski definition) is 2. The third-order valence-corrected chi connectivity index (χ3v) is 3.45. The lowest BCUT2D eigenvalue weighted by molar-refractivity contribution is -0.140. The Balaban J connectivity index is 2.57. The van der Waals surface area contributed by atoms with Gasteiger partial charge in [0.1, 0.15) is 6.04 Å². The quantitative estimate of drug-likeness (QED) is 0.695. The van der Waals surface area contributed by atoms with Gasteiger partial charge in [0.2, 0.25) is 0 Å². The van der Waals surface area contributed by atoms with Crippen molar-refractivity contribution in [1.29, 1.82) is 0 Å². The maximum absolute atomic E-state index is 13.1. The zero-order valence-corrected chi connectivity index (χ0v) is 12.3. The summed E-state index contributed by atoms with van der Waals surface area (Å²) < 4.78 is 26.2. The Bertz CT molecular complexity index is 412. The Morgan fingerprint density at radius 3 is 2.43 bits per heavy atom. The van der Waals surface area contributed by atoms with E-state index in [2.05, 4.69) is 5.32 Å². The number of unbranched alkanes of at least 4 members (excludes halogenated alkanes) is 1. The highest BCUT2D eigenvalue weighted by Gasteiger charge is 2.26. The lowest BCUT2D eigenvalue weighted by atomic mass is 10.0. The van der Waals surface area contributed by atoms with Crippen LogP contribution >= 0.6 is 0 Å². The molecule has 1 rings (SSSR count). The van der Waals surface area contributed by atoms with Gasteiger partial charge in [0.25, 0.3) is 6.43 Å². The second kappa shape index (κ2) is 9.45. The highest BCUT2D eigenvalue weighted by molar-refractivity contribution is 5.73. The molecule has 2 unspecified atom stereocenters. The number of rotatable bonds is 10. The first-order valence-corrected chi connectivity index (χ1v) is 7.35. The summed E-state index contributed by atoms with van der Waals surface area (Å²) in [6.45, 7) is 1.94. The van der Waals surface area contributed by atoms with E-state index in [9.17, 15) is 13.6 Å². The zero-order valence-electron chi connectivity index (χ0n) is 12.3. The number of carbonyl (C=O) groups is 1. The molecule has 1 aromatic rings. The number of benzene rings is 1. The average Bonchev–Trinajstić information content (AvgIpc) is 2.47. The van der Waals surface area contributed by atoms with Crippen molar-refractivity contribution < 1.29 is 18.7 Å². The summed E-state index contributed by atoms with van der Waals surface area (Å²) in [5.74, 6) is -1.06. The van der Waals surface area contributed by atoms with Gasteiger partial charge in [-0.15, -0.1) is 0 Å². The van der Waals surface area contributed by atoms with Crippen molar-refractivity contribution in [3.8, 4) is 0 Å². The summed E-state index contributed by atoms with van der Waals surface area (Å²) in [6, 6.07) is 7.37. The normalized spacial score (nSPS) is 14.1. The molecule has 2 N–H and O–H groups in total. The topological polar surface area (TPSA) is 49.3 Å². The molecule has 0 aromatic heterocycles. The Hall–Kier alpha value is -1.49. The van der Waals surface area contributed by atoms with Gasteiger partial charge in [-0.1, -0.05) is 50.1 Å². The van der Waals surface area contributed by atoms with E-state index in [-0.39, 0.29) is 6.42 Å². The molecule has 0 saturated carbocycles. The molecule has 0 bridgehead atoms. The minimum atomic E-state index is -2.57. The number of aliphatic carboxylic acids is 1. The molecule has 3 nitrogen and oxygen atoms in total. The van der Waals surface area contributed by atoms with Gasteiger partial charge in [-0.25, -0.2) is 8.78 Å². The molecule has 0 spiro atoms. The van der Waals surface area contributed by atoms with Crippen molar-refractivity contribution in [2.24, 2.45) is 0 Å². The summed E-state index contributed by atoms with van der Waals surface area (Å²) >= 11 is 0. The van der Waals surface area contributed by atoms with Crippen LogP contribution in [0.25, 0.3) is 0 Å². The maximum atomic E-state index is 13.1. The zero-order chi connectivity index (χ0) is 15.7. The number of aryl methyl sites for hydroxylation is 1. The molecule has 1 aromatic carbocycles. The van der Waals surface area contributed by atoms with Gasteiger partial charge in [0.05, 0.1) is 6.04 Å². The van der Waals surface area contributed by atoms with Gasteiger partial charge < -0.3 is 5.11 Å². The fraction of sp³-hybridized carbons (Fsp3) is 0.562. The lowest BCUT2D eigenvalue weighted by Crippen LogP contribution is -2.46. The van der Waals surface area contributed by atoms with E-state index in [1.807, 2.05) is 37.3 Å². The molecule has 2 atom stereocenters. The molecule has 0 aliphatic carbocycles. The van der Waals surface area contributed by atoms with E-state index in [1.165, 1.54) is 0 Å². The SMILES string of the molecule is CCCCC(NC(CCc1ccccc1)C(F)F)C(=O)O. The first-order chi connectivity index (χ1) is 10.0. The Morgan fingerprint density at radius 2 is 1.90 bits per heavy atom. The first kappa shape index (κ1) is 17.6. The summed E-state index contributed by atoms with van der Waals surface area (Å²) in [7, 11) is 0. The number of nitrogens with one attached hydrogen (secondary N) is 1. The molecule has 118 valence electrons. The minimum Gasteiger partial charge on any atom is -0.480 e. The fourth-order valence-electron chi connectivity index (χ4n) is 2.19. The summed E-state index contributed by atoms with van der Waals surface area (Å²) in [5, 5.41) is 11.7. The molecule has 0 saturated heterocycles. The van der Waals surface area contributed by atoms with Gasteiger partial charge in [-0.3, -0.25) is 10.1 Å². The third-order valence-electron chi connectivity index (χ3n) is 3.45. The summed E-state index contributed by atoms with van der Waals surface area (Å²) in [4.78, 5) is 11.1. The van der Waals surface area contributed by atoms with Crippen molar-refractivity contribution >= 4 is 5.97 Å². The summed E-state index contributed by atoms with van der Waals surface area (Å²) in [5.41, 5.74) is 0.977. The van der Waals surface area contributed by atoms with Crippen LogP contribution < -0.4 is 5.32 Å². The van der Waals surface area contributed by atoms with Gasteiger partial charge in [-0.2, -0.15) is 0 Å². The van der Waals surface area contributed by atoms with Crippen LogP contribution in [0.1, 0.15) is 38.2 Å². The summed E-state index contributed by atoms with van der Waals surface area (Å²) in [6.07, 6.45) is 0.0751. The molecule has 21 heavy (non-hydrogen) atoms. The van der Waals surface area contributed by atoms with E-state index in [1.54, 1.807) is 0 Å². The van der Waals surface area contributed by atoms with Crippen LogP contribution in [0.2, 0.25) is 0 Å². The van der Waals surface area contributed by atoms with Crippen LogP contribution in [0.3, 0.4) is 0 Å². The van der Waals surface area contributed by atoms with Gasteiger partial charge >= 0.3 is 5.97 Å². The number of alkyl halides is 2. The highest BCUT2D eigenvalue weighted by Crippen LogP contribution is 2.13. The molecule has 0 fully saturated rings. The Morgan fingerprint density at radius 1 is 1.24 bits per heavy atom. The molecular formula is C16H23F2NO2. The monoisotopic (exact) mass is 299 g/mol. The van der Waals surface area contributed by atoms with Gasteiger partial charge in [-0.05, 0) is 24.8 Å². The van der Waals surface area contributed by atoms with Crippen molar-refractivity contribution in [2.75, 3.05) is 0 Å². The van der Waals surface area contributed by atoms with Crippen molar-refractivity contribution in [1.82, 2.24) is 5.32 Å². The van der Waals surface area contributed by atoms with Crippen LogP contribution in [0.4, 0.5) is 8.78 Å². The van der Waals surface area contributed by atoms with Crippen LogP contribution in [0.5, 0.6) is 0 Å². The average molecular weight is 299 g/mol. The van der Waals surface area contributed by atoms with Gasteiger partial charge in [0, 0.05) is 0 Å². The number of halogens is 2. The lowest BCUT2D eigenvalue weighted by Gasteiger charge is -2.22. The predicted octanol–water partition coefficient (Wildman–Crippen LogP) is 3.49. The van der Waals surface area contributed by atoms with E-state index < -0.39 is 24.5 Å². The van der Waals surface area contributed by atoms with Crippen LogP contribution in [-0.4, -0.2) is 29.6 Å². The number of carboxylic acid groups (broad SMARTS) is 1. The van der Waals surface area contributed by atoms with Crippen LogP contribution in [-0.2, 0) is 11.2 Å². The third kappa shape index (κ3) is 6.67. The Labute approximate surface area is 124 Å². The van der Waals surface area contributed by atoms with Crippen molar-refractivity contribution in [3.05, 3.63) is 35.9 Å². The molecule has 0 aliphatic rings. The number of hydrogen-bond acceptors (Lipinski definition) is 2. The van der Waals surface area contributed by atoms with E-state index in [4.69, 9.17) is 5.11 Å². The Kier molecular flexibility index (Phi) is 7.90. The van der Waals surface area contributed by atoms with Crippen LogP contribution in [0, 0.1) is 0 Å². The second-order valence-electron chi connectivity index (χ2n) is 5.16. The molecule has 0 radical (unpaired) electrons. The molecule has 0 amide bonds. The van der Waals surface area contributed by atoms with E-state index in [0.29, 0.717) is 19.3 Å². The van der Waals surface area contributed by atoms with Gasteiger partial charge in [0.15, 0.2) is 0 Å². The van der Waals surface area contributed by atoms with Crippen molar-refractivity contribution in [2.45, 2.75) is 57.5 Å². The number of carboxylic acids is 1. The largest absolute Gasteiger partial charge is 0.480 e. The molecule has 0 heterocycles. The highest BCUT2D eigenvalue weighted by atomic mass is 19.3.